The number of halogens is 1. The Hall–Kier alpha value is -1.09. The Kier molecular flexibility index (Phi) is 5.26. The molecule has 1 atom stereocenters. The molecule has 1 rings (SSSR count). The Morgan fingerprint density at radius 3 is 2.75 bits per heavy atom. The highest BCUT2D eigenvalue weighted by Crippen LogP contribution is 2.19. The predicted molar refractivity (Wildman–Crippen MR) is 62.2 cm³/mol. The lowest BCUT2D eigenvalue weighted by atomic mass is 10.0. The van der Waals surface area contributed by atoms with E-state index in [4.69, 9.17) is 4.74 Å². The van der Waals surface area contributed by atoms with Gasteiger partial charge in [-0.1, -0.05) is 13.0 Å². The van der Waals surface area contributed by atoms with E-state index in [1.54, 1.807) is 6.07 Å². The van der Waals surface area contributed by atoms with Gasteiger partial charge in [0.25, 0.3) is 0 Å². The monoisotopic (exact) mass is 226 g/mol. The summed E-state index contributed by atoms with van der Waals surface area (Å²) in [6, 6.07) is 5.00. The summed E-state index contributed by atoms with van der Waals surface area (Å²) in [7, 11) is 1.45. The average Bonchev–Trinajstić information content (AvgIpc) is 2.29. The summed E-state index contributed by atoms with van der Waals surface area (Å²) >= 11 is 0. The lowest BCUT2D eigenvalue weighted by molar-refractivity contribution is 0.158. The number of aliphatic hydroxyl groups is 1. The van der Waals surface area contributed by atoms with Gasteiger partial charge in [-0.15, -0.1) is 0 Å². The molecule has 2 nitrogen and oxygen atoms in total. The fourth-order valence-electron chi connectivity index (χ4n) is 1.61. The number of methoxy groups -OCH3 is 1. The van der Waals surface area contributed by atoms with E-state index in [0.717, 1.165) is 31.2 Å². The molecule has 16 heavy (non-hydrogen) atoms. The summed E-state index contributed by atoms with van der Waals surface area (Å²) in [5.74, 6) is -0.0478. The lowest BCUT2D eigenvalue weighted by Gasteiger charge is -2.08. The van der Waals surface area contributed by atoms with Crippen LogP contribution in [-0.2, 0) is 6.42 Å². The van der Waals surface area contributed by atoms with Crippen molar-refractivity contribution in [1.29, 1.82) is 0 Å². The van der Waals surface area contributed by atoms with Crippen LogP contribution in [0, 0.1) is 5.82 Å². The number of aryl methyl sites for hydroxylation is 1. The molecule has 0 heterocycles. The van der Waals surface area contributed by atoms with E-state index < -0.39 is 0 Å². The molecule has 1 aromatic carbocycles. The van der Waals surface area contributed by atoms with Crippen molar-refractivity contribution in [3.63, 3.8) is 0 Å². The van der Waals surface area contributed by atoms with E-state index in [1.165, 1.54) is 13.2 Å². The summed E-state index contributed by atoms with van der Waals surface area (Å²) in [6.07, 6.45) is 2.97. The molecule has 1 N–H and O–H groups in total. The minimum atomic E-state index is -0.323. The van der Waals surface area contributed by atoms with Crippen LogP contribution >= 0.6 is 0 Å². The van der Waals surface area contributed by atoms with E-state index >= 15 is 0 Å². The van der Waals surface area contributed by atoms with Gasteiger partial charge in [0.2, 0.25) is 0 Å². The molecule has 1 unspecified atom stereocenters. The van der Waals surface area contributed by atoms with Crippen LogP contribution in [0.1, 0.15) is 31.7 Å². The van der Waals surface area contributed by atoms with Crippen LogP contribution in [0.4, 0.5) is 4.39 Å². The Labute approximate surface area is 96.1 Å². The fraction of sp³-hybridized carbons (Fsp3) is 0.538. The molecule has 0 saturated carbocycles. The highest BCUT2D eigenvalue weighted by Gasteiger charge is 2.04. The van der Waals surface area contributed by atoms with Gasteiger partial charge in [0.1, 0.15) is 0 Å². The molecule has 0 saturated heterocycles. The summed E-state index contributed by atoms with van der Waals surface area (Å²) in [5, 5.41) is 9.38. The number of hydrogen-bond acceptors (Lipinski definition) is 2. The molecule has 3 heteroatoms. The smallest absolute Gasteiger partial charge is 0.165 e. The van der Waals surface area contributed by atoms with Crippen LogP contribution in [0.15, 0.2) is 18.2 Å². The van der Waals surface area contributed by atoms with Crippen molar-refractivity contribution >= 4 is 0 Å². The zero-order valence-corrected chi connectivity index (χ0v) is 9.87. The van der Waals surface area contributed by atoms with Gasteiger partial charge < -0.3 is 9.84 Å². The first-order valence-corrected chi connectivity index (χ1v) is 5.67. The number of ether oxygens (including phenoxy) is 1. The van der Waals surface area contributed by atoms with E-state index in [2.05, 4.69) is 0 Å². The van der Waals surface area contributed by atoms with Gasteiger partial charge in [0.15, 0.2) is 11.6 Å². The van der Waals surface area contributed by atoms with Gasteiger partial charge in [0, 0.05) is 0 Å². The summed E-state index contributed by atoms with van der Waals surface area (Å²) in [4.78, 5) is 0. The van der Waals surface area contributed by atoms with Gasteiger partial charge in [-0.05, 0) is 43.4 Å². The molecular formula is C13H19FO2. The Balaban J connectivity index is 2.46. The molecule has 0 aliphatic carbocycles. The van der Waals surface area contributed by atoms with Gasteiger partial charge >= 0.3 is 0 Å². The topological polar surface area (TPSA) is 29.5 Å². The second-order valence-corrected chi connectivity index (χ2v) is 3.92. The van der Waals surface area contributed by atoms with Crippen molar-refractivity contribution in [1.82, 2.24) is 0 Å². The second-order valence-electron chi connectivity index (χ2n) is 3.92. The molecule has 0 spiro atoms. The molecule has 0 bridgehead atoms. The maximum atomic E-state index is 13.3. The standard InChI is InChI=1S/C13H19FO2/c1-3-11(15)6-4-5-10-7-8-13(16-2)12(14)9-10/h7-9,11,15H,3-6H2,1-2H3. The quantitative estimate of drug-likeness (QED) is 0.808. The van der Waals surface area contributed by atoms with Crippen LogP contribution in [-0.4, -0.2) is 18.3 Å². The molecule has 0 radical (unpaired) electrons. The summed E-state index contributed by atoms with van der Waals surface area (Å²) < 4.78 is 18.2. The van der Waals surface area contributed by atoms with E-state index in [-0.39, 0.29) is 17.7 Å². The Morgan fingerprint density at radius 1 is 1.44 bits per heavy atom. The molecule has 0 aliphatic heterocycles. The predicted octanol–water partition coefficient (Wildman–Crippen LogP) is 2.93. The van der Waals surface area contributed by atoms with Crippen LogP contribution in [0.5, 0.6) is 5.75 Å². The minimum absolute atomic E-state index is 0.233. The molecular weight excluding hydrogens is 207 g/mol. The van der Waals surface area contributed by atoms with Crippen molar-refractivity contribution < 1.29 is 14.2 Å². The second kappa shape index (κ2) is 6.48. The average molecular weight is 226 g/mol. The first-order chi connectivity index (χ1) is 7.67. The van der Waals surface area contributed by atoms with Gasteiger partial charge in [-0.3, -0.25) is 0 Å². The first-order valence-electron chi connectivity index (χ1n) is 5.67. The molecule has 1 aromatic rings. The maximum Gasteiger partial charge on any atom is 0.165 e. The molecule has 0 amide bonds. The van der Waals surface area contributed by atoms with Crippen molar-refractivity contribution in [2.45, 2.75) is 38.7 Å². The highest BCUT2D eigenvalue weighted by molar-refractivity contribution is 5.29. The Morgan fingerprint density at radius 2 is 2.19 bits per heavy atom. The Bertz CT molecular complexity index is 326. The fourth-order valence-corrected chi connectivity index (χ4v) is 1.61. The van der Waals surface area contributed by atoms with Crippen molar-refractivity contribution in [2.24, 2.45) is 0 Å². The van der Waals surface area contributed by atoms with Crippen molar-refractivity contribution in [3.05, 3.63) is 29.6 Å². The molecule has 90 valence electrons. The van der Waals surface area contributed by atoms with E-state index in [0.29, 0.717) is 0 Å². The zero-order chi connectivity index (χ0) is 12.0. The van der Waals surface area contributed by atoms with Crippen molar-refractivity contribution in [2.75, 3.05) is 7.11 Å². The van der Waals surface area contributed by atoms with Gasteiger partial charge in [-0.2, -0.15) is 0 Å². The molecule has 0 aliphatic rings. The van der Waals surface area contributed by atoms with Gasteiger partial charge in [0.05, 0.1) is 13.2 Å². The minimum Gasteiger partial charge on any atom is -0.494 e. The molecule has 0 fully saturated rings. The number of rotatable bonds is 6. The summed E-state index contributed by atoms with van der Waals surface area (Å²) in [5.41, 5.74) is 0.946. The van der Waals surface area contributed by atoms with Gasteiger partial charge in [-0.25, -0.2) is 4.39 Å². The van der Waals surface area contributed by atoms with E-state index in [9.17, 15) is 9.50 Å². The highest BCUT2D eigenvalue weighted by atomic mass is 19.1. The van der Waals surface area contributed by atoms with E-state index in [1.807, 2.05) is 13.0 Å². The summed E-state index contributed by atoms with van der Waals surface area (Å²) in [6.45, 7) is 1.96. The maximum absolute atomic E-state index is 13.3. The lowest BCUT2D eigenvalue weighted by Crippen LogP contribution is -2.04. The number of hydrogen-bond donors (Lipinski definition) is 1. The van der Waals surface area contributed by atoms with Crippen LogP contribution in [0.25, 0.3) is 0 Å². The SMILES string of the molecule is CCC(O)CCCc1ccc(OC)c(F)c1. The third-order valence-corrected chi connectivity index (χ3v) is 2.69. The van der Waals surface area contributed by atoms with Crippen LogP contribution in [0.2, 0.25) is 0 Å². The number of benzene rings is 1. The number of aliphatic hydroxyl groups excluding tert-OH is 1. The van der Waals surface area contributed by atoms with Crippen LogP contribution < -0.4 is 4.74 Å². The third kappa shape index (κ3) is 3.81. The van der Waals surface area contributed by atoms with Crippen LogP contribution in [0.3, 0.4) is 0 Å². The zero-order valence-electron chi connectivity index (χ0n) is 9.87. The third-order valence-electron chi connectivity index (χ3n) is 2.69. The first kappa shape index (κ1) is 13.0. The normalized spacial score (nSPS) is 12.5. The van der Waals surface area contributed by atoms with Crippen molar-refractivity contribution in [3.8, 4) is 5.75 Å². The largest absolute Gasteiger partial charge is 0.494 e. The molecule has 0 aromatic heterocycles.